The summed E-state index contributed by atoms with van der Waals surface area (Å²) in [5.41, 5.74) is 0.845. The van der Waals surface area contributed by atoms with Crippen LogP contribution in [0.2, 0.25) is 0 Å². The van der Waals surface area contributed by atoms with Gasteiger partial charge in [0.2, 0.25) is 5.88 Å². The standard InChI is InChI=1S/C12H9BrClNO3S/c1-8-7-9(13)4-5-10(8)18-12-11(19(14,16)17)3-2-6-15-12/h2-7H,1H3. The largest absolute Gasteiger partial charge is 0.437 e. The van der Waals surface area contributed by atoms with Crippen LogP contribution < -0.4 is 4.74 Å². The Morgan fingerprint density at radius 3 is 2.68 bits per heavy atom. The van der Waals surface area contributed by atoms with E-state index in [9.17, 15) is 8.42 Å². The van der Waals surface area contributed by atoms with Crippen LogP contribution in [0.5, 0.6) is 11.6 Å². The highest BCUT2D eigenvalue weighted by Gasteiger charge is 2.18. The van der Waals surface area contributed by atoms with Crippen LogP contribution in [0.25, 0.3) is 0 Å². The van der Waals surface area contributed by atoms with E-state index in [0.29, 0.717) is 5.75 Å². The lowest BCUT2D eigenvalue weighted by atomic mass is 10.2. The van der Waals surface area contributed by atoms with Crippen molar-refractivity contribution in [1.29, 1.82) is 0 Å². The van der Waals surface area contributed by atoms with Crippen LogP contribution in [0, 0.1) is 6.92 Å². The second-order valence-corrected chi connectivity index (χ2v) is 7.21. The number of hydrogen-bond donors (Lipinski definition) is 0. The highest BCUT2D eigenvalue weighted by molar-refractivity contribution is 9.10. The first-order valence-corrected chi connectivity index (χ1v) is 8.32. The van der Waals surface area contributed by atoms with Crippen LogP contribution in [0.4, 0.5) is 0 Å². The zero-order valence-corrected chi connectivity index (χ0v) is 13.0. The topological polar surface area (TPSA) is 56.3 Å². The highest BCUT2D eigenvalue weighted by Crippen LogP contribution is 2.31. The first kappa shape index (κ1) is 14.3. The molecule has 0 bridgehead atoms. The molecule has 0 unspecified atom stereocenters. The molecule has 0 amide bonds. The Hall–Kier alpha value is -1.11. The second-order valence-electron chi connectivity index (χ2n) is 3.76. The summed E-state index contributed by atoms with van der Waals surface area (Å²) in [5.74, 6) is 0.478. The van der Waals surface area contributed by atoms with Crippen LogP contribution in [0.15, 0.2) is 45.9 Å². The summed E-state index contributed by atoms with van der Waals surface area (Å²) in [4.78, 5) is 3.75. The summed E-state index contributed by atoms with van der Waals surface area (Å²) in [6.45, 7) is 1.85. The monoisotopic (exact) mass is 361 g/mol. The van der Waals surface area contributed by atoms with Crippen molar-refractivity contribution in [1.82, 2.24) is 4.98 Å². The molecule has 0 aliphatic rings. The van der Waals surface area contributed by atoms with Gasteiger partial charge in [-0.2, -0.15) is 0 Å². The maximum atomic E-state index is 11.4. The van der Waals surface area contributed by atoms with Crippen molar-refractivity contribution in [3.8, 4) is 11.6 Å². The van der Waals surface area contributed by atoms with Gasteiger partial charge < -0.3 is 4.74 Å². The molecule has 0 aliphatic heterocycles. The van der Waals surface area contributed by atoms with Gasteiger partial charge in [-0.05, 0) is 42.8 Å². The molecule has 1 aromatic carbocycles. The molecule has 0 N–H and O–H groups in total. The SMILES string of the molecule is Cc1cc(Br)ccc1Oc1ncccc1S(=O)(=O)Cl. The molecule has 2 rings (SSSR count). The molecule has 100 valence electrons. The lowest BCUT2D eigenvalue weighted by molar-refractivity contribution is 0.444. The zero-order chi connectivity index (χ0) is 14.0. The predicted octanol–water partition coefficient (Wildman–Crippen LogP) is 3.87. The third-order valence-electron chi connectivity index (χ3n) is 2.34. The Morgan fingerprint density at radius 2 is 2.05 bits per heavy atom. The Kier molecular flexibility index (Phi) is 4.13. The molecule has 19 heavy (non-hydrogen) atoms. The molecule has 7 heteroatoms. The molecule has 2 aromatic rings. The van der Waals surface area contributed by atoms with Gasteiger partial charge in [0, 0.05) is 21.4 Å². The number of halogens is 2. The van der Waals surface area contributed by atoms with Gasteiger partial charge in [0.05, 0.1) is 0 Å². The van der Waals surface area contributed by atoms with E-state index in [0.717, 1.165) is 10.0 Å². The lowest BCUT2D eigenvalue weighted by Crippen LogP contribution is -1.98. The van der Waals surface area contributed by atoms with Crippen LogP contribution in [0.1, 0.15) is 5.56 Å². The summed E-state index contributed by atoms with van der Waals surface area (Å²) in [7, 11) is 1.44. The van der Waals surface area contributed by atoms with Crippen LogP contribution in [-0.2, 0) is 9.05 Å². The molecule has 1 aromatic heterocycles. The van der Waals surface area contributed by atoms with E-state index in [1.54, 1.807) is 12.1 Å². The molecule has 0 spiro atoms. The van der Waals surface area contributed by atoms with E-state index in [1.807, 2.05) is 13.0 Å². The fourth-order valence-electron chi connectivity index (χ4n) is 1.47. The molecule has 0 saturated heterocycles. The minimum atomic E-state index is -3.90. The molecule has 0 fully saturated rings. The normalized spacial score (nSPS) is 11.3. The Bertz CT molecular complexity index is 719. The number of nitrogens with zero attached hydrogens (tertiary/aromatic N) is 1. The summed E-state index contributed by atoms with van der Waals surface area (Å²) < 4.78 is 29.3. The average molecular weight is 363 g/mol. The second kappa shape index (κ2) is 5.48. The van der Waals surface area contributed by atoms with Gasteiger partial charge in [0.15, 0.2) is 0 Å². The maximum absolute atomic E-state index is 11.4. The van der Waals surface area contributed by atoms with Crippen molar-refractivity contribution in [2.24, 2.45) is 0 Å². The van der Waals surface area contributed by atoms with Crippen molar-refractivity contribution in [2.45, 2.75) is 11.8 Å². The zero-order valence-electron chi connectivity index (χ0n) is 9.80. The van der Waals surface area contributed by atoms with Crippen molar-refractivity contribution in [3.63, 3.8) is 0 Å². The first-order chi connectivity index (χ1) is 8.88. The van der Waals surface area contributed by atoms with Crippen molar-refractivity contribution in [3.05, 3.63) is 46.6 Å². The minimum absolute atomic E-state index is 0.0390. The predicted molar refractivity (Wildman–Crippen MR) is 76.2 cm³/mol. The van der Waals surface area contributed by atoms with Gasteiger partial charge in [-0.25, -0.2) is 13.4 Å². The van der Waals surface area contributed by atoms with E-state index < -0.39 is 9.05 Å². The molecule has 0 atom stereocenters. The highest BCUT2D eigenvalue weighted by atomic mass is 79.9. The van der Waals surface area contributed by atoms with Crippen molar-refractivity contribution < 1.29 is 13.2 Å². The lowest BCUT2D eigenvalue weighted by Gasteiger charge is -2.10. The third kappa shape index (κ3) is 3.46. The average Bonchev–Trinajstić information content (AvgIpc) is 2.32. The first-order valence-electron chi connectivity index (χ1n) is 5.21. The van der Waals surface area contributed by atoms with E-state index in [-0.39, 0.29) is 10.8 Å². The molecule has 0 aliphatic carbocycles. The number of pyridine rings is 1. The number of aryl methyl sites for hydroxylation is 1. The van der Waals surface area contributed by atoms with Gasteiger partial charge in [0.25, 0.3) is 9.05 Å². The Morgan fingerprint density at radius 1 is 1.32 bits per heavy atom. The van der Waals surface area contributed by atoms with Crippen molar-refractivity contribution >= 4 is 35.7 Å². The Balaban J connectivity index is 2.44. The number of aromatic nitrogens is 1. The smallest absolute Gasteiger partial charge is 0.266 e. The summed E-state index contributed by atoms with van der Waals surface area (Å²) >= 11 is 3.34. The number of benzene rings is 1. The number of ether oxygens (including phenoxy) is 1. The summed E-state index contributed by atoms with van der Waals surface area (Å²) in [6, 6.07) is 8.20. The van der Waals surface area contributed by atoms with Gasteiger partial charge in [-0.3, -0.25) is 0 Å². The van der Waals surface area contributed by atoms with Crippen LogP contribution in [-0.4, -0.2) is 13.4 Å². The fourth-order valence-corrected chi connectivity index (χ4v) is 2.84. The van der Waals surface area contributed by atoms with Gasteiger partial charge in [-0.1, -0.05) is 15.9 Å². The van der Waals surface area contributed by atoms with Gasteiger partial charge >= 0.3 is 0 Å². The van der Waals surface area contributed by atoms with E-state index >= 15 is 0 Å². The van der Waals surface area contributed by atoms with Gasteiger partial charge in [0.1, 0.15) is 10.6 Å². The molecule has 0 radical (unpaired) electrons. The van der Waals surface area contributed by atoms with E-state index in [4.69, 9.17) is 15.4 Å². The van der Waals surface area contributed by atoms with Crippen LogP contribution >= 0.6 is 26.6 Å². The number of rotatable bonds is 3. The van der Waals surface area contributed by atoms with Crippen LogP contribution in [0.3, 0.4) is 0 Å². The third-order valence-corrected chi connectivity index (χ3v) is 4.17. The number of hydrogen-bond acceptors (Lipinski definition) is 4. The van der Waals surface area contributed by atoms with Gasteiger partial charge in [-0.15, -0.1) is 0 Å². The maximum Gasteiger partial charge on any atom is 0.266 e. The molecule has 0 saturated carbocycles. The molecule has 4 nitrogen and oxygen atoms in total. The molecular weight excluding hydrogens is 354 g/mol. The molecular formula is C12H9BrClNO3S. The van der Waals surface area contributed by atoms with E-state index in [2.05, 4.69) is 20.9 Å². The summed E-state index contributed by atoms with van der Waals surface area (Å²) in [5, 5.41) is 0. The van der Waals surface area contributed by atoms with E-state index in [1.165, 1.54) is 18.3 Å². The fraction of sp³-hybridized carbons (Fsp3) is 0.0833. The summed E-state index contributed by atoms with van der Waals surface area (Å²) in [6.07, 6.45) is 1.44. The quantitative estimate of drug-likeness (QED) is 0.778. The minimum Gasteiger partial charge on any atom is -0.437 e. The van der Waals surface area contributed by atoms with Crippen molar-refractivity contribution in [2.75, 3.05) is 0 Å². The molecule has 1 heterocycles. The Labute approximate surface area is 123 Å².